The summed E-state index contributed by atoms with van der Waals surface area (Å²) >= 11 is 0. The van der Waals surface area contributed by atoms with Crippen molar-refractivity contribution in [3.8, 4) is 0 Å². The van der Waals surface area contributed by atoms with Crippen LogP contribution in [-0.4, -0.2) is 44.9 Å². The fourth-order valence-corrected chi connectivity index (χ4v) is 2.72. The Hall–Kier alpha value is -2.34. The number of amides is 1. The number of nitrogens with one attached hydrogen (secondary N) is 2. The van der Waals surface area contributed by atoms with Gasteiger partial charge in [-0.15, -0.1) is 0 Å². The molecule has 0 aliphatic heterocycles. The molecule has 6 heteroatoms. The van der Waals surface area contributed by atoms with E-state index in [0.717, 1.165) is 13.0 Å². The molecule has 0 aromatic heterocycles. The van der Waals surface area contributed by atoms with Crippen LogP contribution in [0.1, 0.15) is 38.7 Å². The van der Waals surface area contributed by atoms with E-state index in [1.165, 1.54) is 24.8 Å². The number of esters is 1. The SMILES string of the molecule is C=C(C)C(=O)OCCOC(=O)NCCNCC(CCCC)Cc1ccccc1. The zero-order valence-corrected chi connectivity index (χ0v) is 17.2. The highest BCUT2D eigenvalue weighted by atomic mass is 16.6. The van der Waals surface area contributed by atoms with Gasteiger partial charge in [0, 0.05) is 18.7 Å². The molecule has 1 atom stereocenters. The van der Waals surface area contributed by atoms with E-state index in [1.807, 2.05) is 6.07 Å². The lowest BCUT2D eigenvalue weighted by atomic mass is 9.94. The fourth-order valence-electron chi connectivity index (χ4n) is 2.72. The summed E-state index contributed by atoms with van der Waals surface area (Å²) in [6.45, 7) is 9.38. The number of carbonyl (C=O) groups excluding carboxylic acids is 2. The average molecular weight is 391 g/mol. The monoisotopic (exact) mass is 390 g/mol. The normalized spacial score (nSPS) is 11.5. The summed E-state index contributed by atoms with van der Waals surface area (Å²) < 4.78 is 9.80. The second-order valence-corrected chi connectivity index (χ2v) is 6.88. The third-order valence-corrected chi connectivity index (χ3v) is 4.24. The molecular formula is C22H34N2O4. The largest absolute Gasteiger partial charge is 0.459 e. The van der Waals surface area contributed by atoms with Crippen molar-refractivity contribution in [1.82, 2.24) is 10.6 Å². The lowest BCUT2D eigenvalue weighted by molar-refractivity contribution is -0.139. The summed E-state index contributed by atoms with van der Waals surface area (Å²) in [5, 5.41) is 6.09. The molecule has 1 aromatic rings. The van der Waals surface area contributed by atoms with Crippen LogP contribution in [0.4, 0.5) is 4.79 Å². The Morgan fingerprint density at radius 1 is 1.11 bits per heavy atom. The topological polar surface area (TPSA) is 76.7 Å². The first kappa shape index (κ1) is 23.7. The Morgan fingerprint density at radius 3 is 2.50 bits per heavy atom. The van der Waals surface area contributed by atoms with Crippen molar-refractivity contribution in [3.05, 3.63) is 48.0 Å². The summed E-state index contributed by atoms with van der Waals surface area (Å²) in [5.41, 5.74) is 1.68. The smallest absolute Gasteiger partial charge is 0.407 e. The fraction of sp³-hybridized carbons (Fsp3) is 0.545. The predicted molar refractivity (Wildman–Crippen MR) is 111 cm³/mol. The molecule has 0 bridgehead atoms. The first-order valence-corrected chi connectivity index (χ1v) is 10.0. The molecule has 0 saturated heterocycles. The van der Waals surface area contributed by atoms with Crippen molar-refractivity contribution in [2.45, 2.75) is 39.5 Å². The van der Waals surface area contributed by atoms with Crippen molar-refractivity contribution < 1.29 is 19.1 Å². The van der Waals surface area contributed by atoms with Gasteiger partial charge in [0.05, 0.1) is 0 Å². The molecule has 1 rings (SSSR count). The van der Waals surface area contributed by atoms with Crippen LogP contribution in [0.15, 0.2) is 42.5 Å². The summed E-state index contributed by atoms with van der Waals surface area (Å²) in [7, 11) is 0. The zero-order chi connectivity index (χ0) is 20.6. The molecule has 1 aromatic carbocycles. The van der Waals surface area contributed by atoms with Gasteiger partial charge >= 0.3 is 12.1 Å². The molecule has 156 valence electrons. The highest BCUT2D eigenvalue weighted by Gasteiger charge is 2.09. The number of ether oxygens (including phenoxy) is 2. The molecule has 0 fully saturated rings. The molecule has 0 aliphatic rings. The van der Waals surface area contributed by atoms with Gasteiger partial charge in [-0.2, -0.15) is 0 Å². The minimum absolute atomic E-state index is 0.0223. The van der Waals surface area contributed by atoms with Crippen LogP contribution in [0.3, 0.4) is 0 Å². The molecule has 0 spiro atoms. The summed E-state index contributed by atoms with van der Waals surface area (Å²) in [6, 6.07) is 10.5. The predicted octanol–water partition coefficient (Wildman–Crippen LogP) is 3.47. The van der Waals surface area contributed by atoms with Gasteiger partial charge < -0.3 is 20.1 Å². The van der Waals surface area contributed by atoms with Gasteiger partial charge in [0.1, 0.15) is 13.2 Å². The number of benzene rings is 1. The first-order valence-electron chi connectivity index (χ1n) is 10.0. The molecule has 2 N–H and O–H groups in total. The second-order valence-electron chi connectivity index (χ2n) is 6.88. The van der Waals surface area contributed by atoms with E-state index >= 15 is 0 Å². The van der Waals surface area contributed by atoms with E-state index < -0.39 is 12.1 Å². The lowest BCUT2D eigenvalue weighted by Gasteiger charge is -2.18. The lowest BCUT2D eigenvalue weighted by Crippen LogP contribution is -2.35. The molecule has 0 saturated carbocycles. The second kappa shape index (κ2) is 14.7. The molecule has 0 aliphatic carbocycles. The van der Waals surface area contributed by atoms with Gasteiger partial charge in [-0.3, -0.25) is 0 Å². The molecule has 28 heavy (non-hydrogen) atoms. The van der Waals surface area contributed by atoms with Crippen LogP contribution < -0.4 is 10.6 Å². The summed E-state index contributed by atoms with van der Waals surface area (Å²) in [4.78, 5) is 22.8. The number of alkyl carbamates (subject to hydrolysis) is 1. The molecule has 0 radical (unpaired) electrons. The molecule has 1 amide bonds. The number of carbonyl (C=O) groups is 2. The van der Waals surface area contributed by atoms with Gasteiger partial charge in [0.15, 0.2) is 0 Å². The van der Waals surface area contributed by atoms with Crippen LogP contribution in [0, 0.1) is 5.92 Å². The van der Waals surface area contributed by atoms with Crippen LogP contribution in [0.5, 0.6) is 0 Å². The van der Waals surface area contributed by atoms with Crippen molar-refractivity contribution in [2.75, 3.05) is 32.8 Å². The Morgan fingerprint density at radius 2 is 1.82 bits per heavy atom. The maximum atomic E-state index is 11.6. The number of hydrogen-bond acceptors (Lipinski definition) is 5. The Balaban J connectivity index is 2.14. The Bertz CT molecular complexity index is 589. The van der Waals surface area contributed by atoms with Crippen molar-refractivity contribution in [1.29, 1.82) is 0 Å². The van der Waals surface area contributed by atoms with E-state index in [2.05, 4.69) is 48.4 Å². The van der Waals surface area contributed by atoms with E-state index in [1.54, 1.807) is 6.92 Å². The molecule has 1 unspecified atom stereocenters. The number of unbranched alkanes of at least 4 members (excludes halogenated alkanes) is 1. The van der Waals surface area contributed by atoms with E-state index in [9.17, 15) is 9.59 Å². The molecule has 6 nitrogen and oxygen atoms in total. The van der Waals surface area contributed by atoms with Crippen molar-refractivity contribution in [2.24, 2.45) is 5.92 Å². The van der Waals surface area contributed by atoms with Gasteiger partial charge in [-0.05, 0) is 37.8 Å². The minimum Gasteiger partial charge on any atom is -0.459 e. The quantitative estimate of drug-likeness (QED) is 0.289. The van der Waals surface area contributed by atoms with Crippen molar-refractivity contribution >= 4 is 12.1 Å². The van der Waals surface area contributed by atoms with Crippen LogP contribution in [0.2, 0.25) is 0 Å². The van der Waals surface area contributed by atoms with E-state index in [0.29, 0.717) is 24.6 Å². The van der Waals surface area contributed by atoms with Gasteiger partial charge in [-0.1, -0.05) is 56.7 Å². The first-order chi connectivity index (χ1) is 13.5. The molecular weight excluding hydrogens is 356 g/mol. The third-order valence-electron chi connectivity index (χ3n) is 4.24. The Labute approximate surface area is 168 Å². The van der Waals surface area contributed by atoms with Crippen LogP contribution >= 0.6 is 0 Å². The number of rotatable bonds is 14. The summed E-state index contributed by atoms with van der Waals surface area (Å²) in [5.74, 6) is 0.0960. The maximum Gasteiger partial charge on any atom is 0.407 e. The van der Waals surface area contributed by atoms with Gasteiger partial charge in [0.2, 0.25) is 0 Å². The van der Waals surface area contributed by atoms with E-state index in [-0.39, 0.29) is 13.2 Å². The van der Waals surface area contributed by atoms with Gasteiger partial charge in [0.25, 0.3) is 0 Å². The van der Waals surface area contributed by atoms with Crippen molar-refractivity contribution in [3.63, 3.8) is 0 Å². The molecule has 0 heterocycles. The van der Waals surface area contributed by atoms with E-state index in [4.69, 9.17) is 9.47 Å². The van der Waals surface area contributed by atoms with Gasteiger partial charge in [-0.25, -0.2) is 9.59 Å². The highest BCUT2D eigenvalue weighted by Crippen LogP contribution is 2.14. The summed E-state index contributed by atoms with van der Waals surface area (Å²) in [6.07, 6.45) is 4.16. The van der Waals surface area contributed by atoms with Crippen LogP contribution in [0.25, 0.3) is 0 Å². The maximum absolute atomic E-state index is 11.6. The zero-order valence-electron chi connectivity index (χ0n) is 17.2. The number of hydrogen-bond donors (Lipinski definition) is 2. The van der Waals surface area contributed by atoms with Crippen LogP contribution in [-0.2, 0) is 20.7 Å². The Kier molecular flexibility index (Phi) is 12.4. The average Bonchev–Trinajstić information content (AvgIpc) is 2.69. The third kappa shape index (κ3) is 11.4. The minimum atomic E-state index is -0.514. The highest BCUT2D eigenvalue weighted by molar-refractivity contribution is 5.86. The standard InChI is InChI=1S/C22H34N2O4/c1-4-5-9-20(16-19-10-7-6-8-11-19)17-23-12-13-24-22(26)28-15-14-27-21(25)18(2)3/h6-8,10-11,20,23H,2,4-5,9,12-17H2,1,3H3,(H,24,26).